The van der Waals surface area contributed by atoms with E-state index in [1.165, 1.54) is 29.7 Å². The number of fused-ring (bicyclic) bond motifs is 1. The van der Waals surface area contributed by atoms with Crippen LogP contribution < -0.4 is 31.5 Å². The summed E-state index contributed by atoms with van der Waals surface area (Å²) in [4.78, 5) is 99.9. The van der Waals surface area contributed by atoms with Crippen LogP contribution in [0.4, 0.5) is 16.6 Å². The van der Waals surface area contributed by atoms with E-state index < -0.39 is 51.5 Å². The number of hydrogen-bond acceptors (Lipinski definition) is 16. The number of nitrogens with zero attached hydrogens (tertiary/aromatic N) is 5. The lowest BCUT2D eigenvalue weighted by molar-refractivity contribution is -0.136. The Morgan fingerprint density at radius 1 is 0.897 bits per heavy atom. The molecule has 7 amide bonds. The summed E-state index contributed by atoms with van der Waals surface area (Å²) < 4.78 is 36.0. The number of carbonyl (C=O) groups is 7. The highest BCUT2D eigenvalue weighted by molar-refractivity contribution is 7.89. The van der Waals surface area contributed by atoms with Crippen molar-refractivity contribution in [2.24, 2.45) is 0 Å². The quantitative estimate of drug-likeness (QED) is 0.0522. The number of aromatic nitrogens is 3. The van der Waals surface area contributed by atoms with Gasteiger partial charge in [0.25, 0.3) is 17.7 Å². The van der Waals surface area contributed by atoms with Crippen LogP contribution in [0.25, 0.3) is 22.4 Å². The maximum atomic E-state index is 13.3. The molecule has 356 valence electrons. The number of pyridine rings is 1. The summed E-state index contributed by atoms with van der Waals surface area (Å²) in [5.41, 5.74) is 4.41. The van der Waals surface area contributed by atoms with Gasteiger partial charge in [0, 0.05) is 61.3 Å². The van der Waals surface area contributed by atoms with Gasteiger partial charge >= 0.3 is 0 Å². The lowest BCUT2D eigenvalue weighted by Gasteiger charge is -2.27. The molecule has 1 fully saturated rings. The third-order valence-corrected chi connectivity index (χ3v) is 12.6. The Balaban J connectivity index is 0.789. The van der Waals surface area contributed by atoms with E-state index in [4.69, 9.17) is 9.47 Å². The van der Waals surface area contributed by atoms with Gasteiger partial charge in [0.2, 0.25) is 33.7 Å². The van der Waals surface area contributed by atoms with Gasteiger partial charge in [0.05, 0.1) is 68.2 Å². The zero-order chi connectivity index (χ0) is 48.5. The zero-order valence-corrected chi connectivity index (χ0v) is 38.8. The number of piperidine rings is 1. The fourth-order valence-electron chi connectivity index (χ4n) is 7.45. The Morgan fingerprint density at radius 3 is 2.38 bits per heavy atom. The molecule has 2 aliphatic rings. The number of anilines is 3. The molecule has 1 saturated heterocycles. The number of imide groups is 2. The van der Waals surface area contributed by atoms with Crippen LogP contribution in [0.1, 0.15) is 49.6 Å². The molecule has 0 bridgehead atoms. The summed E-state index contributed by atoms with van der Waals surface area (Å²) >= 11 is 1.22. The van der Waals surface area contributed by atoms with Gasteiger partial charge in [-0.1, -0.05) is 24.3 Å². The Labute approximate surface area is 394 Å². The Kier molecular flexibility index (Phi) is 15.4. The fraction of sp³-hybridized carbons (Fsp3) is 0.311. The molecule has 2 aromatic carbocycles. The van der Waals surface area contributed by atoms with Gasteiger partial charge in [-0.3, -0.25) is 43.8 Å². The molecular weight excluding hydrogens is 921 g/mol. The van der Waals surface area contributed by atoms with E-state index in [1.54, 1.807) is 42.6 Å². The normalized spacial score (nSPS) is 14.6. The van der Waals surface area contributed by atoms with E-state index >= 15 is 0 Å². The lowest BCUT2D eigenvalue weighted by Crippen LogP contribution is -2.54. The van der Waals surface area contributed by atoms with Crippen molar-refractivity contribution >= 4 is 79.3 Å². The number of aryl methyl sites for hydroxylation is 1. The number of benzene rings is 2. The second kappa shape index (κ2) is 21.5. The Bertz CT molecular complexity index is 2880. The molecule has 0 radical (unpaired) electrons. The van der Waals surface area contributed by atoms with E-state index in [9.17, 15) is 42.0 Å². The van der Waals surface area contributed by atoms with Crippen molar-refractivity contribution in [2.45, 2.75) is 25.8 Å². The minimum atomic E-state index is -3.58. The number of amides is 7. The van der Waals surface area contributed by atoms with Crippen molar-refractivity contribution in [3.05, 3.63) is 101 Å². The Hall–Kier alpha value is -7.34. The number of hydrogen-bond donors (Lipinski definition) is 5. The van der Waals surface area contributed by atoms with Crippen molar-refractivity contribution in [3.8, 4) is 22.4 Å². The summed E-state index contributed by atoms with van der Waals surface area (Å²) in [6.45, 7) is 2.93. The molecular formula is C45H48N10O11S2. The van der Waals surface area contributed by atoms with E-state index in [1.807, 2.05) is 36.4 Å². The van der Waals surface area contributed by atoms with Crippen LogP contribution >= 0.6 is 11.3 Å². The van der Waals surface area contributed by atoms with Gasteiger partial charge in [-0.05, 0) is 60.9 Å². The summed E-state index contributed by atoms with van der Waals surface area (Å²) in [5, 5.41) is 15.4. The molecule has 2 aliphatic heterocycles. The highest BCUT2D eigenvalue weighted by Crippen LogP contribution is 2.33. The van der Waals surface area contributed by atoms with Gasteiger partial charge in [0.1, 0.15) is 11.9 Å². The molecule has 68 heavy (non-hydrogen) atoms. The number of carbonyl (C=O) groups excluding carboxylic acids is 7. The average molecular weight is 969 g/mol. The highest BCUT2D eigenvalue weighted by atomic mass is 32.2. The molecule has 7 rings (SSSR count). The molecule has 3 aromatic heterocycles. The summed E-state index contributed by atoms with van der Waals surface area (Å²) in [6, 6.07) is 16.6. The van der Waals surface area contributed by atoms with Crippen molar-refractivity contribution in [3.63, 3.8) is 0 Å². The fourth-order valence-corrected chi connectivity index (χ4v) is 9.06. The van der Waals surface area contributed by atoms with Crippen LogP contribution in [0.2, 0.25) is 0 Å². The molecule has 5 aromatic rings. The molecule has 1 atom stereocenters. The monoisotopic (exact) mass is 968 g/mol. The minimum absolute atomic E-state index is 0.0370. The second-order valence-corrected chi connectivity index (χ2v) is 18.4. The van der Waals surface area contributed by atoms with Gasteiger partial charge < -0.3 is 35.6 Å². The molecule has 0 saturated carbocycles. The molecule has 0 spiro atoms. The van der Waals surface area contributed by atoms with E-state index in [0.717, 1.165) is 31.8 Å². The van der Waals surface area contributed by atoms with Crippen molar-refractivity contribution < 1.29 is 51.5 Å². The Morgan fingerprint density at radius 2 is 1.63 bits per heavy atom. The van der Waals surface area contributed by atoms with Gasteiger partial charge in [-0.25, -0.2) is 22.4 Å². The first-order chi connectivity index (χ1) is 32.6. The lowest BCUT2D eigenvalue weighted by atomic mass is 10.0. The van der Waals surface area contributed by atoms with Gasteiger partial charge in [-0.15, -0.1) is 11.3 Å². The van der Waals surface area contributed by atoms with Crippen LogP contribution in [-0.4, -0.2) is 141 Å². The first kappa shape index (κ1) is 48.6. The first-order valence-electron chi connectivity index (χ1n) is 21.3. The predicted octanol–water partition coefficient (Wildman–Crippen LogP) is 2.26. The van der Waals surface area contributed by atoms with Crippen LogP contribution in [0.5, 0.6) is 0 Å². The van der Waals surface area contributed by atoms with Crippen LogP contribution in [-0.2, 0) is 38.7 Å². The molecule has 1 unspecified atom stereocenters. The van der Waals surface area contributed by atoms with Crippen molar-refractivity contribution in [2.75, 3.05) is 81.4 Å². The summed E-state index contributed by atoms with van der Waals surface area (Å²) in [5.74, 6) is -3.04. The zero-order valence-electron chi connectivity index (χ0n) is 37.2. The minimum Gasteiger partial charge on any atom is -0.382 e. The molecule has 0 aliphatic carbocycles. The standard InChI is InChI=1S/C45H48N10O11S2/c1-27-20-31(24-54(27)68(3,63)64)41(59)49-23-38(57)52-45-50-34(26-67-45)30-7-4-6-28(21-30)29-12-13-47-36(22-29)53(2)25-39(58)48-15-17-66-19-18-65-16-14-46-33-9-5-8-32-40(33)44(62)55(43(32)61)35-10-11-37(56)51-42(35)60/h4-9,12-13,20-22,24,26,35,46H,10-11,14-19,23,25H2,1-3H3,(H,48,58)(H,49,59)(H,50,52,57)(H,51,56,60). The highest BCUT2D eigenvalue weighted by Gasteiger charge is 2.45. The van der Waals surface area contributed by atoms with Crippen LogP contribution in [0, 0.1) is 6.92 Å². The largest absolute Gasteiger partial charge is 0.382 e. The maximum absolute atomic E-state index is 13.3. The van der Waals surface area contributed by atoms with Crippen molar-refractivity contribution in [1.82, 2.24) is 34.8 Å². The summed E-state index contributed by atoms with van der Waals surface area (Å²) in [7, 11) is -1.82. The predicted molar refractivity (Wildman–Crippen MR) is 251 cm³/mol. The number of thiazole rings is 1. The molecule has 5 N–H and O–H groups in total. The molecule has 21 nitrogen and oxygen atoms in total. The SMILES string of the molecule is Cc1cc(C(=O)NCC(=O)Nc2nc(-c3cccc(-c4ccnc(N(C)CC(=O)NCCOCCOCCNc5cccc6c5C(=O)N(C5CCC(=O)NC5=O)C6=O)c4)c3)cs2)cn1S(C)(=O)=O. The topological polar surface area (TPSA) is 269 Å². The first-order valence-corrected chi connectivity index (χ1v) is 24.0. The number of rotatable bonds is 21. The van der Waals surface area contributed by atoms with Gasteiger partial charge in [-0.2, -0.15) is 0 Å². The average Bonchev–Trinajstić information content (AvgIpc) is 4.02. The van der Waals surface area contributed by atoms with Gasteiger partial charge in [0.15, 0.2) is 5.13 Å². The third kappa shape index (κ3) is 11.8. The third-order valence-electron chi connectivity index (χ3n) is 10.7. The number of nitrogens with one attached hydrogen (secondary N) is 5. The van der Waals surface area contributed by atoms with Crippen molar-refractivity contribution in [1.29, 1.82) is 0 Å². The smallest absolute Gasteiger partial charge is 0.264 e. The number of ether oxygens (including phenoxy) is 2. The maximum Gasteiger partial charge on any atom is 0.264 e. The number of likely N-dealkylation sites (N-methyl/N-ethyl adjacent to an activating group) is 1. The van der Waals surface area contributed by atoms with E-state index in [2.05, 4.69) is 36.6 Å². The molecule has 23 heteroatoms. The molecule has 5 heterocycles. The van der Waals surface area contributed by atoms with E-state index in [-0.39, 0.29) is 81.5 Å². The van der Waals surface area contributed by atoms with Crippen LogP contribution in [0.15, 0.2) is 78.4 Å². The van der Waals surface area contributed by atoms with E-state index in [0.29, 0.717) is 34.6 Å². The van der Waals surface area contributed by atoms with Crippen LogP contribution in [0.3, 0.4) is 0 Å². The second-order valence-electron chi connectivity index (χ2n) is 15.7. The summed E-state index contributed by atoms with van der Waals surface area (Å²) in [6.07, 6.45) is 4.00.